The van der Waals surface area contributed by atoms with Crippen molar-refractivity contribution < 1.29 is 4.79 Å². The van der Waals surface area contributed by atoms with Crippen molar-refractivity contribution in [2.24, 2.45) is 5.92 Å². The van der Waals surface area contributed by atoms with Crippen molar-refractivity contribution >= 4 is 17.5 Å². The number of nitrogens with one attached hydrogen (secondary N) is 1. The minimum Gasteiger partial charge on any atom is -0.336 e. The average molecular weight is 399 g/mol. The maximum absolute atomic E-state index is 13.6. The Bertz CT molecular complexity index is 909. The molecule has 5 rings (SSSR count). The summed E-state index contributed by atoms with van der Waals surface area (Å²) in [5.74, 6) is 1.10. The zero-order valence-electron chi connectivity index (χ0n) is 16.5. The second kappa shape index (κ2) is 6.60. The van der Waals surface area contributed by atoms with Crippen molar-refractivity contribution in [2.45, 2.75) is 57.2 Å². The minimum atomic E-state index is -0.313. The van der Waals surface area contributed by atoms with Crippen molar-refractivity contribution in [1.29, 1.82) is 0 Å². The van der Waals surface area contributed by atoms with Gasteiger partial charge in [0.15, 0.2) is 0 Å². The number of likely N-dealkylation sites (tertiary alicyclic amines) is 1. The molecule has 0 aliphatic carbocycles. The second-order valence-electron chi connectivity index (χ2n) is 8.89. The normalized spacial score (nSPS) is 29.7. The molecule has 3 atom stereocenters. The van der Waals surface area contributed by atoms with E-state index in [1.54, 1.807) is 0 Å². The Kier molecular flexibility index (Phi) is 4.29. The fourth-order valence-corrected chi connectivity index (χ4v) is 5.90. The van der Waals surface area contributed by atoms with Crippen LogP contribution in [0.1, 0.15) is 62.0 Å². The molecule has 3 saturated heterocycles. The van der Waals surface area contributed by atoms with Gasteiger partial charge < -0.3 is 4.90 Å². The largest absolute Gasteiger partial charge is 0.336 e. The molecule has 28 heavy (non-hydrogen) atoms. The van der Waals surface area contributed by atoms with Crippen LogP contribution in [0, 0.1) is 5.92 Å². The van der Waals surface area contributed by atoms with Gasteiger partial charge in [-0.1, -0.05) is 37.6 Å². The predicted molar refractivity (Wildman–Crippen MR) is 109 cm³/mol. The molecule has 1 amide bonds. The third-order valence-corrected chi connectivity index (χ3v) is 7.19. The van der Waals surface area contributed by atoms with Crippen LogP contribution in [0.4, 0.5) is 0 Å². The van der Waals surface area contributed by atoms with Gasteiger partial charge in [0, 0.05) is 24.0 Å². The first-order valence-corrected chi connectivity index (χ1v) is 10.7. The molecule has 2 aromatic rings. The van der Waals surface area contributed by atoms with Crippen LogP contribution in [0.25, 0.3) is 0 Å². The Morgan fingerprint density at radius 1 is 1.36 bits per heavy atom. The molecule has 0 radical (unpaired) electrons. The average Bonchev–Trinajstić information content (AvgIpc) is 3.39. The molecule has 3 aliphatic rings. The van der Waals surface area contributed by atoms with Crippen LogP contribution < -0.4 is 0 Å². The quantitative estimate of drug-likeness (QED) is 0.842. The van der Waals surface area contributed by atoms with E-state index >= 15 is 0 Å². The highest BCUT2D eigenvalue weighted by Gasteiger charge is 2.65. The first-order valence-electron chi connectivity index (χ1n) is 10.3. The molecule has 1 aromatic heterocycles. The van der Waals surface area contributed by atoms with Crippen LogP contribution in [0.3, 0.4) is 0 Å². The number of aromatic nitrogens is 2. The lowest BCUT2D eigenvalue weighted by molar-refractivity contribution is -0.137. The van der Waals surface area contributed by atoms with Gasteiger partial charge in [0.25, 0.3) is 0 Å². The molecular weight excluding hydrogens is 372 g/mol. The number of hydrogen-bond donors (Lipinski definition) is 1. The summed E-state index contributed by atoms with van der Waals surface area (Å²) in [7, 11) is 0. The van der Waals surface area contributed by atoms with E-state index in [-0.39, 0.29) is 11.6 Å². The van der Waals surface area contributed by atoms with Crippen LogP contribution in [0.2, 0.25) is 5.02 Å². The van der Waals surface area contributed by atoms with Gasteiger partial charge in [-0.3, -0.25) is 14.8 Å². The number of aromatic amines is 1. The number of hydrogen-bond acceptors (Lipinski definition) is 3. The van der Waals surface area contributed by atoms with Crippen LogP contribution in [-0.2, 0) is 11.3 Å². The van der Waals surface area contributed by atoms with E-state index in [0.717, 1.165) is 48.6 Å². The van der Waals surface area contributed by atoms with E-state index < -0.39 is 0 Å². The fourth-order valence-electron chi connectivity index (χ4n) is 5.69. The summed E-state index contributed by atoms with van der Waals surface area (Å²) in [5, 5.41) is 8.50. The van der Waals surface area contributed by atoms with Gasteiger partial charge >= 0.3 is 0 Å². The lowest BCUT2D eigenvalue weighted by Crippen LogP contribution is -2.49. The number of benzene rings is 1. The van der Waals surface area contributed by atoms with Crippen molar-refractivity contribution in [2.75, 3.05) is 13.1 Å². The smallest absolute Gasteiger partial charge is 0.243 e. The Morgan fingerprint density at radius 2 is 2.21 bits per heavy atom. The van der Waals surface area contributed by atoms with Crippen molar-refractivity contribution in [3.63, 3.8) is 0 Å². The first kappa shape index (κ1) is 18.2. The van der Waals surface area contributed by atoms with Crippen LogP contribution in [0.5, 0.6) is 0 Å². The van der Waals surface area contributed by atoms with Gasteiger partial charge in [0.05, 0.1) is 17.4 Å². The second-order valence-corrected chi connectivity index (χ2v) is 9.32. The standard InChI is InChI=1S/C22H27ClN4O/c1-14(2)18-11-19(25-24-18)20-10-16-13-26(12-15-5-3-6-17(23)9-15)21(28)22(16)7-4-8-27(20)22/h3,5-6,9,11,14,16,20H,4,7-8,10,12-13H2,1-2H3,(H,24,25)/t16-,20-,22-/m0/s1. The van der Waals surface area contributed by atoms with E-state index in [4.69, 9.17) is 11.6 Å². The molecule has 3 fully saturated rings. The van der Waals surface area contributed by atoms with Crippen LogP contribution in [-0.4, -0.2) is 44.5 Å². The van der Waals surface area contributed by atoms with Gasteiger partial charge in [-0.15, -0.1) is 0 Å². The predicted octanol–water partition coefficient (Wildman–Crippen LogP) is 4.12. The van der Waals surface area contributed by atoms with Crippen LogP contribution in [0.15, 0.2) is 30.3 Å². The van der Waals surface area contributed by atoms with Crippen molar-refractivity contribution in [3.05, 3.63) is 52.3 Å². The lowest BCUT2D eigenvalue weighted by Gasteiger charge is -2.33. The maximum Gasteiger partial charge on any atom is 0.243 e. The molecule has 6 heteroatoms. The molecule has 3 aliphatic heterocycles. The van der Waals surface area contributed by atoms with Crippen molar-refractivity contribution in [1.82, 2.24) is 20.0 Å². The molecule has 1 N–H and O–H groups in total. The summed E-state index contributed by atoms with van der Waals surface area (Å²) in [5.41, 5.74) is 3.07. The minimum absolute atomic E-state index is 0.282. The highest BCUT2D eigenvalue weighted by atomic mass is 35.5. The van der Waals surface area contributed by atoms with Gasteiger partial charge in [-0.25, -0.2) is 0 Å². The highest BCUT2D eigenvalue weighted by molar-refractivity contribution is 6.30. The number of carbonyl (C=O) groups is 1. The van der Waals surface area contributed by atoms with Crippen LogP contribution >= 0.6 is 11.6 Å². The first-order chi connectivity index (χ1) is 13.5. The zero-order valence-corrected chi connectivity index (χ0v) is 17.2. The highest BCUT2D eigenvalue weighted by Crippen LogP contribution is 2.56. The van der Waals surface area contributed by atoms with Gasteiger partial charge in [-0.2, -0.15) is 5.10 Å². The van der Waals surface area contributed by atoms with Gasteiger partial charge in [-0.05, 0) is 55.5 Å². The maximum atomic E-state index is 13.6. The Balaban J connectivity index is 1.40. The Labute approximate surface area is 171 Å². The Morgan fingerprint density at radius 3 is 2.96 bits per heavy atom. The fraction of sp³-hybridized carbons (Fsp3) is 0.545. The summed E-state index contributed by atoms with van der Waals surface area (Å²) < 4.78 is 0. The summed E-state index contributed by atoms with van der Waals surface area (Å²) in [6.07, 6.45) is 3.09. The number of nitrogens with zero attached hydrogens (tertiary/aromatic N) is 3. The topological polar surface area (TPSA) is 52.2 Å². The lowest BCUT2D eigenvalue weighted by atomic mass is 9.85. The molecule has 5 nitrogen and oxygen atoms in total. The van der Waals surface area contributed by atoms with E-state index in [2.05, 4.69) is 46.0 Å². The van der Waals surface area contributed by atoms with E-state index in [1.165, 1.54) is 5.69 Å². The summed E-state index contributed by atoms with van der Waals surface area (Å²) in [6, 6.07) is 10.3. The van der Waals surface area contributed by atoms with E-state index in [9.17, 15) is 4.79 Å². The molecule has 1 spiro atoms. The molecular formula is C22H27ClN4O. The summed E-state index contributed by atoms with van der Waals surface area (Å²) in [4.78, 5) is 18.1. The number of rotatable bonds is 4. The molecule has 0 bridgehead atoms. The van der Waals surface area contributed by atoms with Gasteiger partial charge in [0.2, 0.25) is 5.91 Å². The number of halogens is 1. The molecule has 1 aromatic carbocycles. The summed E-state index contributed by atoms with van der Waals surface area (Å²) in [6.45, 7) is 6.81. The monoisotopic (exact) mass is 398 g/mol. The number of H-pyrrole nitrogens is 1. The van der Waals surface area contributed by atoms with Gasteiger partial charge in [0.1, 0.15) is 5.54 Å². The molecule has 148 valence electrons. The van der Waals surface area contributed by atoms with Crippen molar-refractivity contribution in [3.8, 4) is 0 Å². The third-order valence-electron chi connectivity index (χ3n) is 6.96. The SMILES string of the molecule is CC(C)c1cc([C@@H]2C[C@H]3CN(Cc4cccc(Cl)c4)C(=O)[C@]34CCCN24)[nH]n1. The van der Waals surface area contributed by atoms with E-state index in [0.29, 0.717) is 24.3 Å². The summed E-state index contributed by atoms with van der Waals surface area (Å²) >= 11 is 6.14. The molecule has 4 heterocycles. The Hall–Kier alpha value is -1.85. The number of amides is 1. The van der Waals surface area contributed by atoms with E-state index in [1.807, 2.05) is 18.2 Å². The molecule has 0 saturated carbocycles. The zero-order chi connectivity index (χ0) is 19.5. The molecule has 0 unspecified atom stereocenters. The third kappa shape index (κ3) is 2.63. The number of carbonyl (C=O) groups excluding carboxylic acids is 1.